The molecule has 214 valence electrons. The van der Waals surface area contributed by atoms with Crippen molar-refractivity contribution in [1.29, 1.82) is 0 Å². The second-order valence-electron chi connectivity index (χ2n) is 10.7. The molecule has 1 fully saturated rings. The summed E-state index contributed by atoms with van der Waals surface area (Å²) in [5, 5.41) is 8.88. The SMILES string of the molecule is CCCCCCCCCCCCCC(=O)N1CCCC1C(=O)NC(Cc1ccccc1)C(=O)NCCNC. The molecule has 7 heteroatoms. The first kappa shape index (κ1) is 31.8. The summed E-state index contributed by atoms with van der Waals surface area (Å²) >= 11 is 0. The fourth-order valence-electron chi connectivity index (χ4n) is 5.18. The number of nitrogens with zero attached hydrogens (tertiary/aromatic N) is 1. The number of amides is 3. The van der Waals surface area contributed by atoms with Gasteiger partial charge in [0.1, 0.15) is 12.1 Å². The monoisotopic (exact) mass is 528 g/mol. The first-order valence-electron chi connectivity index (χ1n) is 15.1. The van der Waals surface area contributed by atoms with Crippen LogP contribution in [0.4, 0.5) is 0 Å². The molecule has 7 nitrogen and oxygen atoms in total. The van der Waals surface area contributed by atoms with Crippen LogP contribution < -0.4 is 16.0 Å². The van der Waals surface area contributed by atoms with Gasteiger partial charge in [0.15, 0.2) is 0 Å². The molecule has 1 aromatic rings. The van der Waals surface area contributed by atoms with Crippen LogP contribution in [0.5, 0.6) is 0 Å². The van der Waals surface area contributed by atoms with E-state index in [1.165, 1.54) is 57.8 Å². The summed E-state index contributed by atoms with van der Waals surface area (Å²) in [6.45, 7) is 4.01. The van der Waals surface area contributed by atoms with E-state index in [1.54, 1.807) is 4.90 Å². The average molecular weight is 529 g/mol. The molecular weight excluding hydrogens is 476 g/mol. The van der Waals surface area contributed by atoms with Gasteiger partial charge in [-0.15, -0.1) is 0 Å². The molecule has 0 radical (unpaired) electrons. The van der Waals surface area contributed by atoms with Crippen molar-refractivity contribution in [1.82, 2.24) is 20.9 Å². The van der Waals surface area contributed by atoms with Crippen LogP contribution >= 0.6 is 0 Å². The van der Waals surface area contributed by atoms with Crippen LogP contribution in [-0.4, -0.2) is 61.4 Å². The number of unbranched alkanes of at least 4 members (excludes halogenated alkanes) is 10. The third kappa shape index (κ3) is 12.4. The number of rotatable bonds is 20. The van der Waals surface area contributed by atoms with E-state index in [0.29, 0.717) is 38.9 Å². The first-order valence-corrected chi connectivity index (χ1v) is 15.1. The van der Waals surface area contributed by atoms with E-state index in [-0.39, 0.29) is 17.7 Å². The van der Waals surface area contributed by atoms with Crippen molar-refractivity contribution in [3.8, 4) is 0 Å². The lowest BCUT2D eigenvalue weighted by molar-refractivity contribution is -0.139. The summed E-state index contributed by atoms with van der Waals surface area (Å²) in [5.74, 6) is -0.356. The molecule has 1 saturated heterocycles. The van der Waals surface area contributed by atoms with Crippen LogP contribution in [0.2, 0.25) is 0 Å². The van der Waals surface area contributed by atoms with Gasteiger partial charge in [-0.05, 0) is 31.9 Å². The summed E-state index contributed by atoms with van der Waals surface area (Å²) in [7, 11) is 1.83. The zero-order valence-electron chi connectivity index (χ0n) is 23.9. The quantitative estimate of drug-likeness (QED) is 0.213. The standard InChI is InChI=1S/C31H52N4O3/c1-3-4-5-6-7-8-9-10-11-12-16-21-29(36)35-24-17-20-28(35)31(38)34-27(30(37)33-23-22-32-2)25-26-18-14-13-15-19-26/h13-15,18-19,27-28,32H,3-12,16-17,20-25H2,1-2H3,(H,33,37)(H,34,38). The van der Waals surface area contributed by atoms with Gasteiger partial charge < -0.3 is 20.9 Å². The molecule has 2 unspecified atom stereocenters. The summed E-state index contributed by atoms with van der Waals surface area (Å²) in [4.78, 5) is 40.8. The van der Waals surface area contributed by atoms with E-state index >= 15 is 0 Å². The first-order chi connectivity index (χ1) is 18.6. The number of carbonyl (C=O) groups is 3. The highest BCUT2D eigenvalue weighted by atomic mass is 16.2. The zero-order valence-corrected chi connectivity index (χ0v) is 23.9. The minimum atomic E-state index is -0.675. The predicted molar refractivity (Wildman–Crippen MR) is 155 cm³/mol. The Bertz CT molecular complexity index is 802. The molecule has 0 aromatic heterocycles. The molecule has 1 aliphatic heterocycles. The zero-order chi connectivity index (χ0) is 27.4. The van der Waals surface area contributed by atoms with Gasteiger partial charge in [0.2, 0.25) is 17.7 Å². The van der Waals surface area contributed by atoms with Gasteiger partial charge in [-0.25, -0.2) is 0 Å². The number of hydrogen-bond acceptors (Lipinski definition) is 4. The maximum atomic E-state index is 13.3. The third-order valence-corrected chi connectivity index (χ3v) is 7.46. The highest BCUT2D eigenvalue weighted by Gasteiger charge is 2.35. The van der Waals surface area contributed by atoms with E-state index in [2.05, 4.69) is 22.9 Å². The smallest absolute Gasteiger partial charge is 0.243 e. The van der Waals surface area contributed by atoms with Crippen LogP contribution in [-0.2, 0) is 20.8 Å². The molecule has 1 heterocycles. The maximum absolute atomic E-state index is 13.3. The summed E-state index contributed by atoms with van der Waals surface area (Å²) in [5.41, 5.74) is 0.984. The molecule has 1 aromatic carbocycles. The second kappa shape index (κ2) is 19.6. The van der Waals surface area contributed by atoms with Crippen molar-refractivity contribution in [2.75, 3.05) is 26.7 Å². The third-order valence-electron chi connectivity index (χ3n) is 7.46. The molecule has 3 amide bonds. The molecule has 2 atom stereocenters. The van der Waals surface area contributed by atoms with Gasteiger partial charge in [0.05, 0.1) is 0 Å². The molecular formula is C31H52N4O3. The van der Waals surface area contributed by atoms with Crippen LogP contribution in [0.1, 0.15) is 102 Å². The van der Waals surface area contributed by atoms with Crippen molar-refractivity contribution in [3.05, 3.63) is 35.9 Å². The Kier molecular flexibility index (Phi) is 16.4. The van der Waals surface area contributed by atoms with Gasteiger partial charge in [0, 0.05) is 32.5 Å². The lowest BCUT2D eigenvalue weighted by atomic mass is 10.0. The van der Waals surface area contributed by atoms with Crippen molar-refractivity contribution >= 4 is 17.7 Å². The Balaban J connectivity index is 1.76. The summed E-state index contributed by atoms with van der Waals surface area (Å²) < 4.78 is 0. The van der Waals surface area contributed by atoms with E-state index in [4.69, 9.17) is 0 Å². The van der Waals surface area contributed by atoms with E-state index in [0.717, 1.165) is 24.8 Å². The minimum absolute atomic E-state index is 0.0663. The number of carbonyl (C=O) groups excluding carboxylic acids is 3. The number of nitrogens with one attached hydrogen (secondary N) is 3. The molecule has 1 aliphatic rings. The van der Waals surface area contributed by atoms with Crippen molar-refractivity contribution in [2.24, 2.45) is 0 Å². The molecule has 0 aliphatic carbocycles. The predicted octanol–water partition coefficient (Wildman–Crippen LogP) is 4.74. The second-order valence-corrected chi connectivity index (χ2v) is 10.7. The molecule has 38 heavy (non-hydrogen) atoms. The van der Waals surface area contributed by atoms with E-state index in [1.807, 2.05) is 37.4 Å². The normalized spacial score (nSPS) is 15.8. The Morgan fingerprint density at radius 3 is 2.16 bits per heavy atom. The highest BCUT2D eigenvalue weighted by Crippen LogP contribution is 2.20. The number of likely N-dealkylation sites (tertiary alicyclic amines) is 1. The molecule has 3 N–H and O–H groups in total. The fourth-order valence-corrected chi connectivity index (χ4v) is 5.18. The maximum Gasteiger partial charge on any atom is 0.243 e. The van der Waals surface area contributed by atoms with E-state index in [9.17, 15) is 14.4 Å². The Morgan fingerprint density at radius 2 is 1.53 bits per heavy atom. The highest BCUT2D eigenvalue weighted by molar-refractivity contribution is 5.92. The topological polar surface area (TPSA) is 90.5 Å². The molecule has 0 saturated carbocycles. The van der Waals surface area contributed by atoms with Gasteiger partial charge in [-0.1, -0.05) is 101 Å². The lowest BCUT2D eigenvalue weighted by Crippen LogP contribution is -2.54. The van der Waals surface area contributed by atoms with Crippen molar-refractivity contribution in [2.45, 2.75) is 115 Å². The fraction of sp³-hybridized carbons (Fsp3) is 0.710. The molecule has 2 rings (SSSR count). The lowest BCUT2D eigenvalue weighted by Gasteiger charge is -2.26. The van der Waals surface area contributed by atoms with Gasteiger partial charge in [0.25, 0.3) is 0 Å². The minimum Gasteiger partial charge on any atom is -0.353 e. The molecule has 0 bridgehead atoms. The Hall–Kier alpha value is -2.41. The Labute approximate surface area is 230 Å². The molecule has 0 spiro atoms. The van der Waals surface area contributed by atoms with Crippen LogP contribution in [0.25, 0.3) is 0 Å². The number of benzene rings is 1. The average Bonchev–Trinajstić information content (AvgIpc) is 3.42. The van der Waals surface area contributed by atoms with Crippen molar-refractivity contribution < 1.29 is 14.4 Å². The largest absolute Gasteiger partial charge is 0.353 e. The van der Waals surface area contributed by atoms with Crippen LogP contribution in [0.15, 0.2) is 30.3 Å². The van der Waals surface area contributed by atoms with Gasteiger partial charge in [-0.3, -0.25) is 14.4 Å². The van der Waals surface area contributed by atoms with Crippen molar-refractivity contribution in [3.63, 3.8) is 0 Å². The van der Waals surface area contributed by atoms with Gasteiger partial charge in [-0.2, -0.15) is 0 Å². The van der Waals surface area contributed by atoms with Crippen LogP contribution in [0, 0.1) is 0 Å². The Morgan fingerprint density at radius 1 is 0.895 bits per heavy atom. The van der Waals surface area contributed by atoms with Crippen LogP contribution in [0.3, 0.4) is 0 Å². The van der Waals surface area contributed by atoms with Gasteiger partial charge >= 0.3 is 0 Å². The van der Waals surface area contributed by atoms with E-state index < -0.39 is 12.1 Å². The number of likely N-dealkylation sites (N-methyl/N-ethyl adjacent to an activating group) is 1. The summed E-state index contributed by atoms with van der Waals surface area (Å²) in [6.07, 6.45) is 16.1. The summed E-state index contributed by atoms with van der Waals surface area (Å²) in [6, 6.07) is 8.54. The number of hydrogen-bond donors (Lipinski definition) is 3.